The molecule has 0 unspecified atom stereocenters. The highest BCUT2D eigenvalue weighted by Gasteiger charge is 2.19. The molecule has 0 bridgehead atoms. The molecule has 2 aromatic rings. The lowest BCUT2D eigenvalue weighted by atomic mass is 10.1. The summed E-state index contributed by atoms with van der Waals surface area (Å²) in [6, 6.07) is 11.9. The largest absolute Gasteiger partial charge is 0.494 e. The predicted molar refractivity (Wildman–Crippen MR) is 95.2 cm³/mol. The van der Waals surface area contributed by atoms with E-state index in [1.54, 1.807) is 0 Å². The summed E-state index contributed by atoms with van der Waals surface area (Å²) < 4.78 is 18.5. The molecule has 1 fully saturated rings. The van der Waals surface area contributed by atoms with Gasteiger partial charge >= 0.3 is 0 Å². The number of hydrogen-bond donors (Lipinski definition) is 1. The molecule has 136 valence electrons. The van der Waals surface area contributed by atoms with Crippen LogP contribution in [0.3, 0.4) is 0 Å². The minimum Gasteiger partial charge on any atom is -0.494 e. The van der Waals surface area contributed by atoms with E-state index in [0.717, 1.165) is 30.2 Å². The fourth-order valence-corrected chi connectivity index (χ4v) is 2.95. The van der Waals surface area contributed by atoms with Gasteiger partial charge in [0.15, 0.2) is 11.6 Å². The molecule has 0 atom stereocenters. The van der Waals surface area contributed by atoms with Crippen LogP contribution in [-0.2, 0) is 17.9 Å². The number of benzene rings is 2. The van der Waals surface area contributed by atoms with Crippen molar-refractivity contribution in [1.82, 2.24) is 10.2 Å². The summed E-state index contributed by atoms with van der Waals surface area (Å²) in [5, 5.41) is 2.77. The molecule has 0 aromatic heterocycles. The van der Waals surface area contributed by atoms with Gasteiger partial charge in [-0.25, -0.2) is 4.39 Å². The second-order valence-corrected chi connectivity index (χ2v) is 6.27. The zero-order valence-electron chi connectivity index (χ0n) is 14.6. The average Bonchev–Trinajstić information content (AvgIpc) is 3.05. The first-order valence-electron chi connectivity index (χ1n) is 8.54. The van der Waals surface area contributed by atoms with Crippen LogP contribution in [0.5, 0.6) is 5.75 Å². The lowest BCUT2D eigenvalue weighted by Gasteiger charge is -2.15. The monoisotopic (exact) mass is 356 g/mol. The minimum atomic E-state index is -0.569. The number of halogens is 1. The van der Waals surface area contributed by atoms with Crippen LogP contribution in [0, 0.1) is 5.82 Å². The molecule has 26 heavy (non-hydrogen) atoms. The van der Waals surface area contributed by atoms with E-state index in [-0.39, 0.29) is 23.1 Å². The number of likely N-dealkylation sites (tertiary alicyclic amines) is 1. The number of amides is 2. The first-order chi connectivity index (χ1) is 12.6. The first kappa shape index (κ1) is 17.9. The van der Waals surface area contributed by atoms with Crippen LogP contribution in [0.25, 0.3) is 0 Å². The van der Waals surface area contributed by atoms with Gasteiger partial charge in [0.25, 0.3) is 5.91 Å². The summed E-state index contributed by atoms with van der Waals surface area (Å²) in [5.74, 6) is -0.610. The van der Waals surface area contributed by atoms with Crippen LogP contribution in [0.4, 0.5) is 4.39 Å². The molecule has 1 aliphatic heterocycles. The Bertz CT molecular complexity index is 805. The Morgan fingerprint density at radius 1 is 1.19 bits per heavy atom. The normalized spacial score (nSPS) is 13.8. The van der Waals surface area contributed by atoms with Crippen LogP contribution in [0.1, 0.15) is 34.3 Å². The Labute approximate surface area is 151 Å². The fourth-order valence-electron chi connectivity index (χ4n) is 2.95. The summed E-state index contributed by atoms with van der Waals surface area (Å²) in [6.07, 6.45) is 1.56. The molecular formula is C20H21FN2O3. The molecule has 3 rings (SSSR count). The van der Waals surface area contributed by atoms with E-state index in [0.29, 0.717) is 19.5 Å². The minimum absolute atomic E-state index is 0.105. The Hall–Kier alpha value is -2.89. The van der Waals surface area contributed by atoms with Gasteiger partial charge in [-0.05, 0) is 35.7 Å². The molecule has 2 aromatic carbocycles. The van der Waals surface area contributed by atoms with Crippen molar-refractivity contribution < 1.29 is 18.7 Å². The fraction of sp³-hybridized carbons (Fsp3) is 0.300. The lowest BCUT2D eigenvalue weighted by molar-refractivity contribution is -0.128. The topological polar surface area (TPSA) is 58.6 Å². The summed E-state index contributed by atoms with van der Waals surface area (Å²) in [6.45, 7) is 1.78. The maximum absolute atomic E-state index is 13.7. The number of carbonyl (C=O) groups excluding carboxylic acids is 2. The highest BCUT2D eigenvalue weighted by Crippen LogP contribution is 2.18. The van der Waals surface area contributed by atoms with Crippen molar-refractivity contribution in [2.45, 2.75) is 25.9 Å². The zero-order valence-corrected chi connectivity index (χ0v) is 14.6. The summed E-state index contributed by atoms with van der Waals surface area (Å²) >= 11 is 0. The third kappa shape index (κ3) is 4.20. The Morgan fingerprint density at radius 2 is 1.92 bits per heavy atom. The van der Waals surface area contributed by atoms with Gasteiger partial charge in [0.1, 0.15) is 0 Å². The molecule has 5 nitrogen and oxygen atoms in total. The zero-order chi connectivity index (χ0) is 18.5. The second kappa shape index (κ2) is 7.99. The molecular weight excluding hydrogens is 335 g/mol. The van der Waals surface area contributed by atoms with E-state index in [1.807, 2.05) is 29.2 Å². The van der Waals surface area contributed by atoms with Gasteiger partial charge in [-0.3, -0.25) is 9.59 Å². The Morgan fingerprint density at radius 3 is 2.54 bits per heavy atom. The van der Waals surface area contributed by atoms with E-state index >= 15 is 0 Å². The van der Waals surface area contributed by atoms with Crippen LogP contribution >= 0.6 is 0 Å². The van der Waals surface area contributed by atoms with Gasteiger partial charge in [0.05, 0.1) is 7.11 Å². The van der Waals surface area contributed by atoms with Crippen molar-refractivity contribution in [2.24, 2.45) is 0 Å². The Balaban J connectivity index is 1.55. The molecule has 1 saturated heterocycles. The van der Waals surface area contributed by atoms with Crippen molar-refractivity contribution in [3.63, 3.8) is 0 Å². The molecule has 0 saturated carbocycles. The second-order valence-electron chi connectivity index (χ2n) is 6.27. The smallest absolute Gasteiger partial charge is 0.251 e. The van der Waals surface area contributed by atoms with Crippen molar-refractivity contribution in [1.29, 1.82) is 0 Å². The summed E-state index contributed by atoms with van der Waals surface area (Å²) in [5.41, 5.74) is 2.24. The lowest BCUT2D eigenvalue weighted by Crippen LogP contribution is -2.24. The number of carbonyl (C=O) groups is 2. The van der Waals surface area contributed by atoms with Crippen LogP contribution in [0.15, 0.2) is 42.5 Å². The van der Waals surface area contributed by atoms with Crippen LogP contribution in [-0.4, -0.2) is 30.4 Å². The van der Waals surface area contributed by atoms with Crippen LogP contribution < -0.4 is 10.1 Å². The van der Waals surface area contributed by atoms with Gasteiger partial charge in [-0.2, -0.15) is 0 Å². The standard InChI is InChI=1S/C20H21FN2O3/c1-26-18-9-8-16(11-17(18)21)20(25)22-12-14-4-6-15(7-5-14)13-23-10-2-3-19(23)24/h4-9,11H,2-3,10,12-13H2,1H3,(H,22,25). The number of ether oxygens (including phenoxy) is 1. The van der Waals surface area contributed by atoms with E-state index in [9.17, 15) is 14.0 Å². The van der Waals surface area contributed by atoms with Gasteiger partial charge in [0.2, 0.25) is 5.91 Å². The number of rotatable bonds is 6. The van der Waals surface area contributed by atoms with E-state index in [2.05, 4.69) is 5.32 Å². The predicted octanol–water partition coefficient (Wildman–Crippen LogP) is 2.89. The number of nitrogens with one attached hydrogen (secondary N) is 1. The first-order valence-corrected chi connectivity index (χ1v) is 8.54. The molecule has 6 heteroatoms. The van der Waals surface area contributed by atoms with Gasteiger partial charge in [0, 0.05) is 31.6 Å². The van der Waals surface area contributed by atoms with Crippen molar-refractivity contribution in [3.8, 4) is 5.75 Å². The quantitative estimate of drug-likeness (QED) is 0.866. The molecule has 1 N–H and O–H groups in total. The van der Waals surface area contributed by atoms with Crippen molar-refractivity contribution in [3.05, 3.63) is 65.0 Å². The SMILES string of the molecule is COc1ccc(C(=O)NCc2ccc(CN3CCCC3=O)cc2)cc1F. The number of nitrogens with zero attached hydrogens (tertiary/aromatic N) is 1. The molecule has 1 aliphatic rings. The van der Waals surface area contributed by atoms with Crippen molar-refractivity contribution in [2.75, 3.05) is 13.7 Å². The molecule has 0 aliphatic carbocycles. The van der Waals surface area contributed by atoms with Gasteiger partial charge < -0.3 is 15.0 Å². The highest BCUT2D eigenvalue weighted by atomic mass is 19.1. The highest BCUT2D eigenvalue weighted by molar-refractivity contribution is 5.94. The summed E-state index contributed by atoms with van der Waals surface area (Å²) in [4.78, 5) is 25.7. The van der Waals surface area contributed by atoms with Crippen molar-refractivity contribution >= 4 is 11.8 Å². The molecule has 1 heterocycles. The number of methoxy groups -OCH3 is 1. The molecule has 2 amide bonds. The van der Waals surface area contributed by atoms with Crippen LogP contribution in [0.2, 0.25) is 0 Å². The maximum Gasteiger partial charge on any atom is 0.251 e. The van der Waals surface area contributed by atoms with E-state index in [4.69, 9.17) is 4.74 Å². The molecule has 0 radical (unpaired) electrons. The summed E-state index contributed by atoms with van der Waals surface area (Å²) in [7, 11) is 1.38. The van der Waals surface area contributed by atoms with E-state index in [1.165, 1.54) is 19.2 Å². The Kier molecular flexibility index (Phi) is 5.51. The average molecular weight is 356 g/mol. The van der Waals surface area contributed by atoms with E-state index < -0.39 is 5.82 Å². The third-order valence-corrected chi connectivity index (χ3v) is 4.43. The maximum atomic E-state index is 13.7. The number of hydrogen-bond acceptors (Lipinski definition) is 3. The third-order valence-electron chi connectivity index (χ3n) is 4.43. The van der Waals surface area contributed by atoms with Gasteiger partial charge in [-0.1, -0.05) is 24.3 Å². The molecule has 0 spiro atoms. The van der Waals surface area contributed by atoms with Gasteiger partial charge in [-0.15, -0.1) is 0 Å².